The van der Waals surface area contributed by atoms with E-state index in [-0.39, 0.29) is 22.5 Å². The second kappa shape index (κ2) is 6.16. The van der Waals surface area contributed by atoms with Gasteiger partial charge in [0.1, 0.15) is 17.1 Å². The minimum absolute atomic E-state index is 0.0155. The number of halogens is 3. The summed E-state index contributed by atoms with van der Waals surface area (Å²) in [6.45, 7) is 1.79. The Balaban J connectivity index is 2.21. The van der Waals surface area contributed by atoms with Gasteiger partial charge < -0.3 is 14.3 Å². The Hall–Kier alpha value is -2.96. The Labute approximate surface area is 140 Å². The quantitative estimate of drug-likeness (QED) is 0.700. The lowest BCUT2D eigenvalue weighted by atomic mass is 10.0. The Morgan fingerprint density at radius 3 is 2.52 bits per heavy atom. The van der Waals surface area contributed by atoms with Gasteiger partial charge in [0.15, 0.2) is 0 Å². The Kier molecular flexibility index (Phi) is 4.16. The van der Waals surface area contributed by atoms with Crippen LogP contribution in [0.1, 0.15) is 12.5 Å². The normalized spacial score (nSPS) is 11.7. The van der Waals surface area contributed by atoms with Crippen molar-refractivity contribution < 1.29 is 27.4 Å². The van der Waals surface area contributed by atoms with Gasteiger partial charge in [-0.1, -0.05) is 19.1 Å². The number of aryl methyl sites for hydroxylation is 1. The molecule has 0 unspecified atom stereocenters. The van der Waals surface area contributed by atoms with E-state index in [4.69, 9.17) is 4.42 Å². The first kappa shape index (κ1) is 16.9. The number of alkyl halides is 3. The van der Waals surface area contributed by atoms with Crippen molar-refractivity contribution in [1.29, 1.82) is 0 Å². The third-order valence-corrected chi connectivity index (χ3v) is 3.69. The highest BCUT2D eigenvalue weighted by molar-refractivity contribution is 5.84. The summed E-state index contributed by atoms with van der Waals surface area (Å²) in [5, 5.41) is 9.89. The van der Waals surface area contributed by atoms with Gasteiger partial charge in [-0.25, -0.2) is 4.79 Å². The number of fused-ring (bicyclic) bond motifs is 1. The van der Waals surface area contributed by atoms with Crippen LogP contribution in [0.2, 0.25) is 0 Å². The standard InChI is InChI=1S/C18H13F3O4/c1-2-10-3-6-13(16(7-10)25-18(19,20)21)14-8-11-4-5-12(22)9-15(11)24-17(14)23/h3-9,22H,2H2,1H3. The molecule has 0 saturated carbocycles. The van der Waals surface area contributed by atoms with E-state index in [0.717, 1.165) is 0 Å². The van der Waals surface area contributed by atoms with E-state index in [2.05, 4.69) is 4.74 Å². The van der Waals surface area contributed by atoms with Crippen molar-refractivity contribution in [2.45, 2.75) is 19.7 Å². The largest absolute Gasteiger partial charge is 0.573 e. The van der Waals surface area contributed by atoms with Crippen LogP contribution >= 0.6 is 0 Å². The van der Waals surface area contributed by atoms with Crippen molar-refractivity contribution in [1.82, 2.24) is 0 Å². The monoisotopic (exact) mass is 350 g/mol. The number of ether oxygens (including phenoxy) is 1. The number of hydrogen-bond acceptors (Lipinski definition) is 4. The lowest BCUT2D eigenvalue weighted by molar-refractivity contribution is -0.274. The fraction of sp³-hybridized carbons (Fsp3) is 0.167. The van der Waals surface area contributed by atoms with Gasteiger partial charge in [0.25, 0.3) is 0 Å². The Morgan fingerprint density at radius 2 is 1.84 bits per heavy atom. The smallest absolute Gasteiger partial charge is 0.508 e. The minimum atomic E-state index is -4.88. The molecule has 0 amide bonds. The van der Waals surface area contributed by atoms with E-state index in [9.17, 15) is 23.1 Å². The zero-order valence-corrected chi connectivity index (χ0v) is 13.1. The molecule has 3 rings (SSSR count). The van der Waals surface area contributed by atoms with Crippen LogP contribution in [0, 0.1) is 0 Å². The average Bonchev–Trinajstić information content (AvgIpc) is 2.53. The predicted octanol–water partition coefficient (Wildman–Crippen LogP) is 4.63. The van der Waals surface area contributed by atoms with Crippen molar-refractivity contribution in [3.05, 3.63) is 58.4 Å². The van der Waals surface area contributed by atoms with Crippen LogP contribution in [0.4, 0.5) is 13.2 Å². The van der Waals surface area contributed by atoms with Crippen LogP contribution < -0.4 is 10.4 Å². The maximum Gasteiger partial charge on any atom is 0.573 e. The van der Waals surface area contributed by atoms with Crippen molar-refractivity contribution in [3.63, 3.8) is 0 Å². The second-order valence-electron chi connectivity index (χ2n) is 5.40. The van der Waals surface area contributed by atoms with Crippen LogP contribution in [0.15, 0.2) is 51.7 Å². The van der Waals surface area contributed by atoms with E-state index in [1.165, 1.54) is 36.4 Å². The summed E-state index contributed by atoms with van der Waals surface area (Å²) in [5.41, 5.74) is -0.122. The Morgan fingerprint density at radius 1 is 1.08 bits per heavy atom. The molecule has 0 aliphatic carbocycles. The maximum absolute atomic E-state index is 12.7. The van der Waals surface area contributed by atoms with Gasteiger partial charge in [-0.2, -0.15) is 0 Å². The first-order valence-corrected chi connectivity index (χ1v) is 7.43. The Bertz CT molecular complexity index is 990. The molecule has 0 aliphatic rings. The molecular formula is C18H13F3O4. The molecule has 3 aromatic rings. The molecule has 1 heterocycles. The molecule has 0 radical (unpaired) electrons. The number of phenolic OH excluding ortho intramolecular Hbond substituents is 1. The summed E-state index contributed by atoms with van der Waals surface area (Å²) in [7, 11) is 0. The number of rotatable bonds is 3. The zero-order chi connectivity index (χ0) is 18.2. The molecule has 1 N–H and O–H groups in total. The molecule has 4 nitrogen and oxygen atoms in total. The van der Waals surface area contributed by atoms with E-state index < -0.39 is 17.7 Å². The van der Waals surface area contributed by atoms with Crippen molar-refractivity contribution in [3.8, 4) is 22.6 Å². The fourth-order valence-electron chi connectivity index (χ4n) is 2.51. The summed E-state index contributed by atoms with van der Waals surface area (Å²) in [6, 6.07) is 9.83. The fourth-order valence-corrected chi connectivity index (χ4v) is 2.51. The topological polar surface area (TPSA) is 59.7 Å². The molecule has 7 heteroatoms. The van der Waals surface area contributed by atoms with Crippen LogP contribution in [-0.4, -0.2) is 11.5 Å². The molecule has 0 bridgehead atoms. The van der Waals surface area contributed by atoms with E-state index in [1.807, 2.05) is 0 Å². The van der Waals surface area contributed by atoms with Gasteiger partial charge in [-0.15, -0.1) is 13.2 Å². The number of aromatic hydroxyl groups is 1. The highest BCUT2D eigenvalue weighted by Crippen LogP contribution is 2.34. The summed E-state index contributed by atoms with van der Waals surface area (Å²) < 4.78 is 47.4. The van der Waals surface area contributed by atoms with Crippen LogP contribution in [-0.2, 0) is 6.42 Å². The summed E-state index contributed by atoms with van der Waals surface area (Å²) in [5.74, 6) is -0.547. The maximum atomic E-state index is 12.7. The average molecular weight is 350 g/mol. The van der Waals surface area contributed by atoms with Crippen LogP contribution in [0.25, 0.3) is 22.1 Å². The highest BCUT2D eigenvalue weighted by Gasteiger charge is 2.32. The molecule has 2 aromatic carbocycles. The molecule has 0 atom stereocenters. The first-order chi connectivity index (χ1) is 11.8. The number of benzene rings is 2. The zero-order valence-electron chi connectivity index (χ0n) is 13.1. The summed E-state index contributed by atoms with van der Waals surface area (Å²) >= 11 is 0. The molecule has 0 saturated heterocycles. The third-order valence-electron chi connectivity index (χ3n) is 3.69. The third kappa shape index (κ3) is 3.60. The highest BCUT2D eigenvalue weighted by atomic mass is 19.4. The van der Waals surface area contributed by atoms with E-state index in [0.29, 0.717) is 17.4 Å². The van der Waals surface area contributed by atoms with E-state index >= 15 is 0 Å². The molecule has 1 aromatic heterocycles. The van der Waals surface area contributed by atoms with Crippen molar-refractivity contribution in [2.75, 3.05) is 0 Å². The van der Waals surface area contributed by atoms with Gasteiger partial charge in [0, 0.05) is 17.0 Å². The number of phenols is 1. The van der Waals surface area contributed by atoms with Gasteiger partial charge in [-0.05, 0) is 36.2 Å². The summed E-state index contributed by atoms with van der Waals surface area (Å²) in [6.07, 6.45) is -4.37. The molecule has 130 valence electrons. The summed E-state index contributed by atoms with van der Waals surface area (Å²) in [4.78, 5) is 12.2. The second-order valence-corrected chi connectivity index (χ2v) is 5.40. The molecular weight excluding hydrogens is 337 g/mol. The van der Waals surface area contributed by atoms with Crippen LogP contribution in [0.3, 0.4) is 0 Å². The lowest BCUT2D eigenvalue weighted by Crippen LogP contribution is -2.18. The van der Waals surface area contributed by atoms with E-state index in [1.54, 1.807) is 13.0 Å². The number of hydrogen-bond donors (Lipinski definition) is 1. The van der Waals surface area contributed by atoms with Crippen molar-refractivity contribution in [2.24, 2.45) is 0 Å². The predicted molar refractivity (Wildman–Crippen MR) is 85.6 cm³/mol. The minimum Gasteiger partial charge on any atom is -0.508 e. The molecule has 0 fully saturated rings. The van der Waals surface area contributed by atoms with Gasteiger partial charge in [-0.3, -0.25) is 0 Å². The first-order valence-electron chi connectivity index (χ1n) is 7.43. The SMILES string of the molecule is CCc1ccc(-c2cc3ccc(O)cc3oc2=O)c(OC(F)(F)F)c1. The van der Waals surface area contributed by atoms with Gasteiger partial charge in [0.2, 0.25) is 0 Å². The molecule has 0 aliphatic heterocycles. The lowest BCUT2D eigenvalue weighted by Gasteiger charge is -2.14. The van der Waals surface area contributed by atoms with Crippen LogP contribution in [0.5, 0.6) is 11.5 Å². The molecule has 0 spiro atoms. The van der Waals surface area contributed by atoms with Crippen molar-refractivity contribution >= 4 is 11.0 Å². The van der Waals surface area contributed by atoms with Gasteiger partial charge >= 0.3 is 12.0 Å². The van der Waals surface area contributed by atoms with Gasteiger partial charge in [0.05, 0.1) is 5.56 Å². The molecule has 25 heavy (non-hydrogen) atoms.